The zero-order chi connectivity index (χ0) is 11.6. The van der Waals surface area contributed by atoms with Gasteiger partial charge in [0.05, 0.1) is 6.42 Å². The van der Waals surface area contributed by atoms with Gasteiger partial charge in [-0.3, -0.25) is 4.79 Å². The van der Waals surface area contributed by atoms with E-state index in [9.17, 15) is 18.0 Å². The third kappa shape index (κ3) is 2.68. The van der Waals surface area contributed by atoms with Gasteiger partial charge in [-0.05, 0) is 12.5 Å². The number of carboxylic acids is 1. The van der Waals surface area contributed by atoms with Crippen LogP contribution in [0.4, 0.5) is 13.2 Å². The van der Waals surface area contributed by atoms with Gasteiger partial charge in [0.25, 0.3) is 6.43 Å². The van der Waals surface area contributed by atoms with Crippen molar-refractivity contribution in [3.63, 3.8) is 0 Å². The van der Waals surface area contributed by atoms with E-state index in [0.717, 1.165) is 0 Å². The van der Waals surface area contributed by atoms with Crippen LogP contribution in [0, 0.1) is 12.9 Å². The molecule has 0 spiro atoms. The summed E-state index contributed by atoms with van der Waals surface area (Å²) in [6.45, 7) is 1.30. The average molecular weight is 219 g/mol. The summed E-state index contributed by atoms with van der Waals surface area (Å²) >= 11 is 0. The molecule has 0 unspecified atom stereocenters. The van der Waals surface area contributed by atoms with Gasteiger partial charge < -0.3 is 5.11 Å². The second-order valence-corrected chi connectivity index (χ2v) is 2.97. The van der Waals surface area contributed by atoms with Crippen LogP contribution in [0.3, 0.4) is 0 Å². The zero-order valence-corrected chi connectivity index (χ0v) is 7.80. The molecule has 0 bridgehead atoms. The highest BCUT2D eigenvalue weighted by atomic mass is 19.3. The van der Waals surface area contributed by atoms with E-state index in [2.05, 4.69) is 4.98 Å². The van der Waals surface area contributed by atoms with Crippen LogP contribution in [0.2, 0.25) is 0 Å². The topological polar surface area (TPSA) is 50.2 Å². The SMILES string of the molecule is Cc1nc(F)cc(C(F)F)c1CC(=O)O. The van der Waals surface area contributed by atoms with Crippen LogP contribution < -0.4 is 0 Å². The van der Waals surface area contributed by atoms with Crippen molar-refractivity contribution in [2.24, 2.45) is 0 Å². The highest BCUT2D eigenvalue weighted by Gasteiger charge is 2.19. The van der Waals surface area contributed by atoms with Gasteiger partial charge in [-0.15, -0.1) is 0 Å². The predicted molar refractivity (Wildman–Crippen MR) is 45.2 cm³/mol. The number of alkyl halides is 2. The number of hydrogen-bond acceptors (Lipinski definition) is 2. The third-order valence-electron chi connectivity index (χ3n) is 1.90. The number of carbonyl (C=O) groups is 1. The smallest absolute Gasteiger partial charge is 0.307 e. The monoisotopic (exact) mass is 219 g/mol. The van der Waals surface area contributed by atoms with E-state index in [0.29, 0.717) is 6.07 Å². The van der Waals surface area contributed by atoms with Crippen molar-refractivity contribution in [2.45, 2.75) is 19.8 Å². The van der Waals surface area contributed by atoms with E-state index < -0.39 is 30.3 Å². The Labute approximate surface area is 83.6 Å². The minimum Gasteiger partial charge on any atom is -0.481 e. The van der Waals surface area contributed by atoms with Gasteiger partial charge in [0.2, 0.25) is 5.95 Å². The molecule has 82 valence electrons. The lowest BCUT2D eigenvalue weighted by molar-refractivity contribution is -0.136. The highest BCUT2D eigenvalue weighted by Crippen LogP contribution is 2.25. The van der Waals surface area contributed by atoms with Gasteiger partial charge in [-0.2, -0.15) is 4.39 Å². The number of aliphatic carboxylic acids is 1. The Morgan fingerprint density at radius 1 is 1.60 bits per heavy atom. The van der Waals surface area contributed by atoms with E-state index in [1.165, 1.54) is 6.92 Å². The molecule has 0 aliphatic heterocycles. The van der Waals surface area contributed by atoms with Crippen molar-refractivity contribution in [3.8, 4) is 0 Å². The van der Waals surface area contributed by atoms with Crippen LogP contribution in [0.25, 0.3) is 0 Å². The van der Waals surface area contributed by atoms with Gasteiger partial charge in [0, 0.05) is 17.3 Å². The molecule has 0 saturated carbocycles. The van der Waals surface area contributed by atoms with E-state index in [4.69, 9.17) is 5.11 Å². The van der Waals surface area contributed by atoms with Crippen molar-refractivity contribution >= 4 is 5.97 Å². The van der Waals surface area contributed by atoms with E-state index in [-0.39, 0.29) is 11.3 Å². The molecule has 1 aromatic heterocycles. The second kappa shape index (κ2) is 4.29. The summed E-state index contributed by atoms with van der Waals surface area (Å²) in [5.41, 5.74) is -0.756. The number of nitrogens with zero attached hydrogens (tertiary/aromatic N) is 1. The average Bonchev–Trinajstić information content (AvgIpc) is 2.08. The maximum absolute atomic E-state index is 12.7. The molecule has 0 amide bonds. The molecule has 1 heterocycles. The fourth-order valence-electron chi connectivity index (χ4n) is 1.26. The molecular formula is C9H8F3NO2. The van der Waals surface area contributed by atoms with Crippen LogP contribution in [-0.2, 0) is 11.2 Å². The first kappa shape index (κ1) is 11.5. The summed E-state index contributed by atoms with van der Waals surface area (Å²) in [7, 11) is 0. The first-order valence-electron chi connectivity index (χ1n) is 4.07. The van der Waals surface area contributed by atoms with Crippen molar-refractivity contribution in [3.05, 3.63) is 28.8 Å². The molecule has 0 aliphatic carbocycles. The molecule has 15 heavy (non-hydrogen) atoms. The van der Waals surface area contributed by atoms with Crippen LogP contribution in [0.5, 0.6) is 0 Å². The fraction of sp³-hybridized carbons (Fsp3) is 0.333. The summed E-state index contributed by atoms with van der Waals surface area (Å²) < 4.78 is 37.6. The van der Waals surface area contributed by atoms with Gasteiger partial charge in [-0.25, -0.2) is 13.8 Å². The number of pyridine rings is 1. The largest absolute Gasteiger partial charge is 0.481 e. The second-order valence-electron chi connectivity index (χ2n) is 2.97. The lowest BCUT2D eigenvalue weighted by Gasteiger charge is -2.09. The minimum atomic E-state index is -2.91. The molecule has 0 fully saturated rings. The maximum Gasteiger partial charge on any atom is 0.307 e. The van der Waals surface area contributed by atoms with Crippen molar-refractivity contribution < 1.29 is 23.1 Å². The van der Waals surface area contributed by atoms with Crippen LogP contribution in [0.1, 0.15) is 23.2 Å². The molecule has 0 radical (unpaired) electrons. The summed E-state index contributed by atoms with van der Waals surface area (Å²) in [5, 5.41) is 8.50. The molecule has 3 nitrogen and oxygen atoms in total. The molecule has 1 rings (SSSR count). The van der Waals surface area contributed by atoms with Gasteiger partial charge in [0.1, 0.15) is 0 Å². The Bertz CT molecular complexity index is 393. The standard InChI is InChI=1S/C9H8F3NO2/c1-4-5(3-8(14)15)6(9(11)12)2-7(10)13-4/h2,9H,3H2,1H3,(H,14,15). The van der Waals surface area contributed by atoms with Gasteiger partial charge in [0.15, 0.2) is 0 Å². The van der Waals surface area contributed by atoms with Crippen molar-refractivity contribution in [1.82, 2.24) is 4.98 Å². The lowest BCUT2D eigenvalue weighted by atomic mass is 10.0. The summed E-state index contributed by atoms with van der Waals surface area (Å²) in [6.07, 6.45) is -3.49. The first-order valence-corrected chi connectivity index (χ1v) is 4.07. The highest BCUT2D eigenvalue weighted by molar-refractivity contribution is 5.71. The number of aromatic nitrogens is 1. The predicted octanol–water partition coefficient (Wildman–Crippen LogP) is 2.09. The number of halogens is 3. The van der Waals surface area contributed by atoms with Crippen LogP contribution >= 0.6 is 0 Å². The number of aryl methyl sites for hydroxylation is 1. The number of hydrogen-bond donors (Lipinski definition) is 1. The number of carboxylic acid groups (broad SMARTS) is 1. The molecule has 6 heteroatoms. The number of rotatable bonds is 3. The van der Waals surface area contributed by atoms with E-state index in [1.54, 1.807) is 0 Å². The maximum atomic E-state index is 12.7. The Kier molecular flexibility index (Phi) is 3.28. The summed E-state index contributed by atoms with van der Waals surface area (Å²) in [5.74, 6) is -2.29. The first-order chi connectivity index (χ1) is 6.91. The summed E-state index contributed by atoms with van der Waals surface area (Å²) in [6, 6.07) is 0.565. The van der Waals surface area contributed by atoms with Gasteiger partial charge in [-0.1, -0.05) is 0 Å². The quantitative estimate of drug-likeness (QED) is 0.792. The molecule has 0 atom stereocenters. The molecule has 1 aromatic rings. The van der Waals surface area contributed by atoms with E-state index >= 15 is 0 Å². The van der Waals surface area contributed by atoms with Crippen molar-refractivity contribution in [2.75, 3.05) is 0 Å². The third-order valence-corrected chi connectivity index (χ3v) is 1.90. The Hall–Kier alpha value is -1.59. The Balaban J connectivity index is 3.26. The molecule has 0 aliphatic rings. The Morgan fingerprint density at radius 2 is 2.20 bits per heavy atom. The Morgan fingerprint density at radius 3 is 2.67 bits per heavy atom. The van der Waals surface area contributed by atoms with Gasteiger partial charge >= 0.3 is 5.97 Å². The lowest BCUT2D eigenvalue weighted by Crippen LogP contribution is -2.08. The normalized spacial score (nSPS) is 10.7. The molecular weight excluding hydrogens is 211 g/mol. The molecule has 0 aromatic carbocycles. The fourth-order valence-corrected chi connectivity index (χ4v) is 1.26. The minimum absolute atomic E-state index is 0.0206. The van der Waals surface area contributed by atoms with Crippen LogP contribution in [-0.4, -0.2) is 16.1 Å². The van der Waals surface area contributed by atoms with Crippen LogP contribution in [0.15, 0.2) is 6.07 Å². The molecule has 0 saturated heterocycles. The summed E-state index contributed by atoms with van der Waals surface area (Å²) in [4.78, 5) is 13.7. The van der Waals surface area contributed by atoms with Crippen molar-refractivity contribution in [1.29, 1.82) is 0 Å². The molecule has 1 N–H and O–H groups in total. The zero-order valence-electron chi connectivity index (χ0n) is 7.80. The van der Waals surface area contributed by atoms with E-state index in [1.807, 2.05) is 0 Å².